The first kappa shape index (κ1) is 32.1. The van der Waals surface area contributed by atoms with Crippen LogP contribution >= 0.6 is 11.9 Å². The van der Waals surface area contributed by atoms with E-state index in [9.17, 15) is 23.5 Å². The third-order valence-electron chi connectivity index (χ3n) is 8.68. The molecule has 2 fully saturated rings. The number of benzene rings is 2. The maximum Gasteiger partial charge on any atom is 0.253 e. The van der Waals surface area contributed by atoms with Crippen LogP contribution in [0.25, 0.3) is 6.08 Å². The molecule has 3 aliphatic rings. The summed E-state index contributed by atoms with van der Waals surface area (Å²) in [6.45, 7) is 7.79. The van der Waals surface area contributed by atoms with Gasteiger partial charge in [0.1, 0.15) is 11.4 Å². The van der Waals surface area contributed by atoms with E-state index >= 15 is 0 Å². The van der Waals surface area contributed by atoms with E-state index in [0.29, 0.717) is 68.8 Å². The van der Waals surface area contributed by atoms with Crippen molar-refractivity contribution in [1.29, 1.82) is 0 Å². The van der Waals surface area contributed by atoms with Gasteiger partial charge in [0.25, 0.3) is 11.8 Å². The smallest absolute Gasteiger partial charge is 0.253 e. The molecule has 1 spiro atoms. The predicted octanol–water partition coefficient (Wildman–Crippen LogP) is 5.20. The minimum absolute atomic E-state index is 0.00223. The third-order valence-corrected chi connectivity index (χ3v) is 9.60. The largest absolute Gasteiger partial charge is 0.490 e. The number of hydrogen-bond donors (Lipinski definition) is 2. The first-order chi connectivity index (χ1) is 21.0. The average Bonchev–Trinajstić information content (AvgIpc) is 3.31. The molecule has 8 nitrogen and oxygen atoms in total. The molecule has 3 aliphatic heterocycles. The number of rotatable bonds is 9. The lowest BCUT2D eigenvalue weighted by Crippen LogP contribution is -2.47. The number of hydrogen-bond acceptors (Lipinski definition) is 7. The Morgan fingerprint density at radius 3 is 2.45 bits per heavy atom. The molecule has 0 unspecified atom stereocenters. The van der Waals surface area contributed by atoms with Gasteiger partial charge in [-0.1, -0.05) is 11.9 Å². The van der Waals surface area contributed by atoms with Crippen molar-refractivity contribution in [2.24, 2.45) is 4.99 Å². The normalized spacial score (nSPS) is 19.8. The summed E-state index contributed by atoms with van der Waals surface area (Å²) in [5.41, 5.74) is 2.77. The van der Waals surface area contributed by atoms with Crippen molar-refractivity contribution in [2.45, 2.75) is 64.0 Å². The van der Waals surface area contributed by atoms with Crippen LogP contribution in [0.15, 0.2) is 40.7 Å². The summed E-state index contributed by atoms with van der Waals surface area (Å²) in [4.78, 5) is 32.7. The number of carbonyl (C=O) groups excluding carboxylic acids is 2. The van der Waals surface area contributed by atoms with Crippen LogP contribution in [0.2, 0.25) is 0 Å². The first-order valence-electron chi connectivity index (χ1n) is 15.1. The van der Waals surface area contributed by atoms with Gasteiger partial charge in [-0.05, 0) is 105 Å². The molecular formula is C33H40F2N4O4S. The molecule has 0 saturated carbocycles. The Kier molecular flexibility index (Phi) is 9.77. The Balaban J connectivity index is 1.17. The quantitative estimate of drug-likeness (QED) is 0.294. The number of carbonyl (C=O) groups is 2. The Morgan fingerprint density at radius 2 is 1.80 bits per heavy atom. The standard InChI is InChI=1S/C33H40F2N4O4S/c1-22-19-25(30(40)38-13-8-32(3,42)9-14-38)20-23(2)26(22)7-18-44-39-15-10-33(11-16-39)31(41)36-29(37-33)24-5-6-27(35)28(21-24)43-17-4-12-34/h5-7,18-21,42H,4,8-17H2,1-3H3,(H,36,37,41)/b18-7+. The topological polar surface area (TPSA) is 94.5 Å². The van der Waals surface area contributed by atoms with Gasteiger partial charge in [-0.3, -0.25) is 19.0 Å². The molecule has 0 bridgehead atoms. The fourth-order valence-electron chi connectivity index (χ4n) is 5.87. The van der Waals surface area contributed by atoms with Crippen molar-refractivity contribution in [3.8, 4) is 5.75 Å². The third kappa shape index (κ3) is 7.16. The molecular weight excluding hydrogens is 586 g/mol. The summed E-state index contributed by atoms with van der Waals surface area (Å²) >= 11 is 1.58. The first-order valence-corrected chi connectivity index (χ1v) is 16.0. The lowest BCUT2D eigenvalue weighted by molar-refractivity contribution is -0.124. The predicted molar refractivity (Wildman–Crippen MR) is 169 cm³/mol. The van der Waals surface area contributed by atoms with E-state index in [1.165, 1.54) is 12.1 Å². The maximum atomic E-state index is 14.2. The summed E-state index contributed by atoms with van der Waals surface area (Å²) < 4.78 is 34.1. The van der Waals surface area contributed by atoms with E-state index in [0.717, 1.165) is 16.7 Å². The number of aliphatic hydroxyl groups is 1. The minimum atomic E-state index is -0.862. The molecule has 2 amide bonds. The maximum absolute atomic E-state index is 14.2. The second-order valence-electron chi connectivity index (χ2n) is 12.1. The van der Waals surface area contributed by atoms with Gasteiger partial charge in [-0.2, -0.15) is 0 Å². The van der Waals surface area contributed by atoms with E-state index in [2.05, 4.69) is 15.7 Å². The van der Waals surface area contributed by atoms with Crippen molar-refractivity contribution >= 4 is 35.7 Å². The van der Waals surface area contributed by atoms with Crippen molar-refractivity contribution < 1.29 is 28.2 Å². The summed E-state index contributed by atoms with van der Waals surface area (Å²) in [6.07, 6.45) is 4.49. The van der Waals surface area contributed by atoms with Crippen LogP contribution in [0.5, 0.6) is 5.75 Å². The van der Waals surface area contributed by atoms with Crippen LogP contribution < -0.4 is 10.1 Å². The second kappa shape index (κ2) is 13.4. The molecule has 2 saturated heterocycles. The van der Waals surface area contributed by atoms with E-state index in [1.54, 1.807) is 18.0 Å². The van der Waals surface area contributed by atoms with Gasteiger partial charge < -0.3 is 20.1 Å². The fraction of sp³-hybridized carbons (Fsp3) is 0.485. The molecule has 5 rings (SSSR count). The number of likely N-dealkylation sites (tertiary alicyclic amines) is 1. The zero-order valence-corrected chi connectivity index (χ0v) is 26.3. The van der Waals surface area contributed by atoms with Gasteiger partial charge in [-0.15, -0.1) is 0 Å². The Hall–Kier alpha value is -3.28. The number of ether oxygens (including phenoxy) is 1. The molecule has 0 atom stereocenters. The molecule has 0 radical (unpaired) electrons. The molecule has 236 valence electrons. The molecule has 2 aromatic rings. The summed E-state index contributed by atoms with van der Waals surface area (Å²) in [7, 11) is 0. The average molecular weight is 627 g/mol. The van der Waals surface area contributed by atoms with Gasteiger partial charge in [0.15, 0.2) is 11.6 Å². The van der Waals surface area contributed by atoms with E-state index in [4.69, 9.17) is 9.73 Å². The number of nitrogens with zero attached hydrogens (tertiary/aromatic N) is 3. The number of aliphatic imine (C=N–C) groups is 1. The molecule has 2 aromatic carbocycles. The van der Waals surface area contributed by atoms with Crippen molar-refractivity contribution in [2.75, 3.05) is 39.5 Å². The Morgan fingerprint density at radius 1 is 1.11 bits per heavy atom. The highest BCUT2D eigenvalue weighted by Crippen LogP contribution is 2.34. The van der Waals surface area contributed by atoms with Crippen molar-refractivity contribution in [3.63, 3.8) is 0 Å². The number of amides is 2. The van der Waals surface area contributed by atoms with Crippen LogP contribution in [-0.2, 0) is 4.79 Å². The van der Waals surface area contributed by atoms with Gasteiger partial charge in [0, 0.05) is 43.7 Å². The van der Waals surface area contributed by atoms with Gasteiger partial charge in [0.05, 0.1) is 18.9 Å². The molecule has 0 aliphatic carbocycles. The lowest BCUT2D eigenvalue weighted by Gasteiger charge is -2.36. The number of halogens is 2. The summed E-state index contributed by atoms with van der Waals surface area (Å²) in [6, 6.07) is 8.18. The zero-order chi connectivity index (χ0) is 31.5. The number of alkyl halides is 1. The summed E-state index contributed by atoms with van der Waals surface area (Å²) in [5.74, 6) is -0.300. The van der Waals surface area contributed by atoms with E-state index in [1.807, 2.05) is 43.2 Å². The lowest BCUT2D eigenvalue weighted by atomic mass is 9.89. The molecule has 44 heavy (non-hydrogen) atoms. The molecule has 0 aromatic heterocycles. The Labute approximate surface area is 261 Å². The van der Waals surface area contributed by atoms with Gasteiger partial charge >= 0.3 is 0 Å². The molecule has 2 N–H and O–H groups in total. The van der Waals surface area contributed by atoms with Crippen LogP contribution in [0.3, 0.4) is 0 Å². The zero-order valence-electron chi connectivity index (χ0n) is 25.5. The number of aryl methyl sites for hydroxylation is 2. The molecule has 3 heterocycles. The molecule has 11 heteroatoms. The van der Waals surface area contributed by atoms with Crippen molar-refractivity contribution in [3.05, 3.63) is 69.4 Å². The number of piperidine rings is 2. The monoisotopic (exact) mass is 626 g/mol. The van der Waals surface area contributed by atoms with Gasteiger partial charge in [0.2, 0.25) is 0 Å². The fourth-order valence-corrected chi connectivity index (χ4v) is 6.63. The van der Waals surface area contributed by atoms with Gasteiger partial charge in [-0.25, -0.2) is 8.70 Å². The second-order valence-corrected chi connectivity index (χ2v) is 13.1. The van der Waals surface area contributed by atoms with Crippen LogP contribution in [-0.4, -0.2) is 82.6 Å². The van der Waals surface area contributed by atoms with E-state index in [-0.39, 0.29) is 30.6 Å². The summed E-state index contributed by atoms with van der Waals surface area (Å²) in [5, 5.41) is 15.1. The number of nitrogens with one attached hydrogen (secondary N) is 1. The minimum Gasteiger partial charge on any atom is -0.490 e. The number of amidine groups is 1. The highest BCUT2D eigenvalue weighted by molar-refractivity contribution is 8.00. The van der Waals surface area contributed by atoms with Crippen molar-refractivity contribution in [1.82, 2.24) is 14.5 Å². The van der Waals surface area contributed by atoms with Crippen LogP contribution in [0.1, 0.15) is 71.6 Å². The van der Waals surface area contributed by atoms with E-state index < -0.39 is 23.6 Å². The van der Waals surface area contributed by atoms with Crippen LogP contribution in [0, 0.1) is 19.7 Å². The Bertz CT molecular complexity index is 1440. The van der Waals surface area contributed by atoms with Crippen LogP contribution in [0.4, 0.5) is 8.78 Å². The highest BCUT2D eigenvalue weighted by atomic mass is 32.2. The highest BCUT2D eigenvalue weighted by Gasteiger charge is 2.46. The SMILES string of the molecule is Cc1cc(C(=O)N2CCC(C)(O)CC2)cc(C)c1/C=C/SN1CCC2(CC1)N=C(c1ccc(F)c(OCCCF)c1)NC2=O.